The summed E-state index contributed by atoms with van der Waals surface area (Å²) in [4.78, 5) is 12.4. The standard InChI is InChI=1S/C6H3ClN3O2/c7-5-2-1-4(9-8)3-6(5)10(11)12/h1-3H/q+1. The van der Waals surface area contributed by atoms with Crippen molar-refractivity contribution in [3.8, 4) is 0 Å². The van der Waals surface area contributed by atoms with E-state index in [9.17, 15) is 10.1 Å². The maximum Gasteiger partial charge on any atom is 0.392 e. The van der Waals surface area contributed by atoms with Crippen molar-refractivity contribution in [2.75, 3.05) is 0 Å². The van der Waals surface area contributed by atoms with E-state index in [4.69, 9.17) is 17.0 Å². The molecule has 0 saturated carbocycles. The Kier molecular flexibility index (Phi) is 2.21. The smallest absolute Gasteiger partial charge is 0.258 e. The minimum atomic E-state index is -0.642. The Hall–Kier alpha value is -1.67. The molecule has 0 aliphatic heterocycles. The molecule has 0 unspecified atom stereocenters. The van der Waals surface area contributed by atoms with Crippen molar-refractivity contribution in [2.24, 2.45) is 0 Å². The first-order chi connectivity index (χ1) is 5.65. The van der Waals surface area contributed by atoms with Crippen LogP contribution in [-0.4, -0.2) is 4.92 Å². The minimum Gasteiger partial charge on any atom is -0.258 e. The summed E-state index contributed by atoms with van der Waals surface area (Å²) in [6.07, 6.45) is 0. The van der Waals surface area contributed by atoms with Crippen molar-refractivity contribution in [1.82, 2.24) is 0 Å². The topological polar surface area (TPSA) is 71.3 Å². The fourth-order valence-corrected chi connectivity index (χ4v) is 0.890. The summed E-state index contributed by atoms with van der Waals surface area (Å²) >= 11 is 5.48. The molecule has 0 aliphatic rings. The molecular formula is C6H3ClN3O2+. The lowest BCUT2D eigenvalue weighted by molar-refractivity contribution is -0.384. The second kappa shape index (κ2) is 3.15. The van der Waals surface area contributed by atoms with Crippen LogP contribution in [0.2, 0.25) is 5.02 Å². The number of nitrogens with zero attached hydrogens (tertiary/aromatic N) is 3. The lowest BCUT2D eigenvalue weighted by Gasteiger charge is -1.89. The van der Waals surface area contributed by atoms with E-state index >= 15 is 0 Å². The predicted molar refractivity (Wildman–Crippen MR) is 42.9 cm³/mol. The maximum absolute atomic E-state index is 10.3. The highest BCUT2D eigenvalue weighted by Crippen LogP contribution is 2.28. The van der Waals surface area contributed by atoms with Crippen LogP contribution < -0.4 is 0 Å². The van der Waals surface area contributed by atoms with E-state index < -0.39 is 4.92 Å². The van der Waals surface area contributed by atoms with Gasteiger partial charge in [-0.2, -0.15) is 0 Å². The number of hydrogen-bond donors (Lipinski definition) is 0. The molecule has 0 heterocycles. The molecule has 0 aliphatic carbocycles. The van der Waals surface area contributed by atoms with Crippen LogP contribution in [0, 0.1) is 15.5 Å². The van der Waals surface area contributed by atoms with E-state index in [2.05, 4.69) is 4.98 Å². The second-order valence-corrected chi connectivity index (χ2v) is 2.40. The zero-order valence-electron chi connectivity index (χ0n) is 5.77. The summed E-state index contributed by atoms with van der Waals surface area (Å²) in [6.45, 7) is 0. The number of nitro benzene ring substituents is 1. The molecular weight excluding hydrogens is 182 g/mol. The van der Waals surface area contributed by atoms with Crippen LogP contribution in [0.25, 0.3) is 4.98 Å². The van der Waals surface area contributed by atoms with E-state index in [0.29, 0.717) is 0 Å². The first-order valence-electron chi connectivity index (χ1n) is 2.94. The van der Waals surface area contributed by atoms with Crippen LogP contribution in [0.3, 0.4) is 0 Å². The predicted octanol–water partition coefficient (Wildman–Crippen LogP) is 2.73. The molecule has 0 amide bonds. The van der Waals surface area contributed by atoms with Crippen molar-refractivity contribution < 1.29 is 4.92 Å². The molecule has 0 saturated heterocycles. The van der Waals surface area contributed by atoms with E-state index in [1.165, 1.54) is 12.1 Å². The van der Waals surface area contributed by atoms with Gasteiger partial charge >= 0.3 is 5.69 Å². The number of halogens is 1. The van der Waals surface area contributed by atoms with Crippen molar-refractivity contribution in [2.45, 2.75) is 0 Å². The van der Waals surface area contributed by atoms with Crippen LogP contribution in [0.15, 0.2) is 18.2 Å². The highest BCUT2D eigenvalue weighted by molar-refractivity contribution is 6.32. The van der Waals surface area contributed by atoms with Crippen LogP contribution >= 0.6 is 11.6 Å². The third-order valence-corrected chi connectivity index (χ3v) is 1.56. The Morgan fingerprint density at radius 3 is 2.75 bits per heavy atom. The third-order valence-electron chi connectivity index (χ3n) is 1.24. The Balaban J connectivity index is 3.28. The van der Waals surface area contributed by atoms with E-state index in [1.54, 1.807) is 0 Å². The molecule has 0 fully saturated rings. The number of rotatable bonds is 1. The van der Waals surface area contributed by atoms with Gasteiger partial charge < -0.3 is 0 Å². The summed E-state index contributed by atoms with van der Waals surface area (Å²) in [6, 6.07) is 3.76. The van der Waals surface area contributed by atoms with E-state index in [1.807, 2.05) is 0 Å². The number of benzene rings is 1. The van der Waals surface area contributed by atoms with Gasteiger partial charge in [-0.15, -0.1) is 0 Å². The van der Waals surface area contributed by atoms with Gasteiger partial charge in [0.05, 0.1) is 4.92 Å². The molecule has 12 heavy (non-hydrogen) atoms. The van der Waals surface area contributed by atoms with Gasteiger partial charge in [0, 0.05) is 6.07 Å². The van der Waals surface area contributed by atoms with Gasteiger partial charge in [0.25, 0.3) is 5.69 Å². The summed E-state index contributed by atoms with van der Waals surface area (Å²) < 4.78 is 0. The highest BCUT2D eigenvalue weighted by atomic mass is 35.5. The Morgan fingerprint density at radius 2 is 2.25 bits per heavy atom. The highest BCUT2D eigenvalue weighted by Gasteiger charge is 2.17. The minimum absolute atomic E-state index is 0.0207. The molecule has 0 spiro atoms. The lowest BCUT2D eigenvalue weighted by Crippen LogP contribution is -1.87. The van der Waals surface area contributed by atoms with Gasteiger partial charge in [0.15, 0.2) is 4.98 Å². The molecule has 0 atom stereocenters. The fraction of sp³-hybridized carbons (Fsp3) is 0. The lowest BCUT2D eigenvalue weighted by atomic mass is 10.3. The second-order valence-electron chi connectivity index (χ2n) is 1.99. The zero-order valence-corrected chi connectivity index (χ0v) is 6.52. The first-order valence-corrected chi connectivity index (χ1v) is 3.32. The van der Waals surface area contributed by atoms with Gasteiger partial charge in [0.1, 0.15) is 11.1 Å². The van der Waals surface area contributed by atoms with Crippen LogP contribution in [0.5, 0.6) is 0 Å². The average molecular weight is 185 g/mol. The van der Waals surface area contributed by atoms with Gasteiger partial charge in [0.2, 0.25) is 5.39 Å². The van der Waals surface area contributed by atoms with Crippen molar-refractivity contribution >= 4 is 23.0 Å². The van der Waals surface area contributed by atoms with Crippen LogP contribution in [0.1, 0.15) is 0 Å². The van der Waals surface area contributed by atoms with E-state index in [-0.39, 0.29) is 16.4 Å². The average Bonchev–Trinajstić information content (AvgIpc) is 2.05. The molecule has 0 radical (unpaired) electrons. The molecule has 1 rings (SSSR count). The van der Waals surface area contributed by atoms with Crippen molar-refractivity contribution in [1.29, 1.82) is 5.39 Å². The first kappa shape index (κ1) is 8.43. The Labute approximate surface area is 72.3 Å². The number of hydrogen-bond acceptors (Lipinski definition) is 3. The molecule has 0 bridgehead atoms. The zero-order chi connectivity index (χ0) is 9.14. The Morgan fingerprint density at radius 1 is 1.58 bits per heavy atom. The number of diazo groups is 1. The van der Waals surface area contributed by atoms with Gasteiger partial charge in [-0.25, -0.2) is 0 Å². The van der Waals surface area contributed by atoms with Crippen molar-refractivity contribution in [3.05, 3.63) is 38.3 Å². The normalized spacial score (nSPS) is 9.00. The molecule has 1 aromatic rings. The summed E-state index contributed by atoms with van der Waals surface area (Å²) in [5.74, 6) is 0. The quantitative estimate of drug-likeness (QED) is 0.383. The van der Waals surface area contributed by atoms with Crippen LogP contribution in [0.4, 0.5) is 11.4 Å². The van der Waals surface area contributed by atoms with Crippen molar-refractivity contribution in [3.63, 3.8) is 0 Å². The third kappa shape index (κ3) is 1.49. The maximum atomic E-state index is 10.3. The van der Waals surface area contributed by atoms with Gasteiger partial charge in [-0.05, 0) is 6.07 Å². The van der Waals surface area contributed by atoms with E-state index in [0.717, 1.165) is 6.07 Å². The molecule has 5 nitrogen and oxygen atoms in total. The van der Waals surface area contributed by atoms with Crippen LogP contribution in [-0.2, 0) is 0 Å². The fourth-order valence-electron chi connectivity index (χ4n) is 0.703. The molecule has 1 aromatic carbocycles. The summed E-state index contributed by atoms with van der Waals surface area (Å²) in [5.41, 5.74) is -0.168. The Bertz CT molecular complexity index is 372. The molecule has 0 aromatic heterocycles. The summed E-state index contributed by atoms with van der Waals surface area (Å²) in [7, 11) is 0. The SMILES string of the molecule is N#[N+]c1ccc(Cl)c([N+](=O)[O-])c1. The number of nitro groups is 1. The van der Waals surface area contributed by atoms with Gasteiger partial charge in [-0.1, -0.05) is 11.6 Å². The molecule has 0 N–H and O–H groups in total. The summed E-state index contributed by atoms with van der Waals surface area (Å²) in [5, 5.41) is 18.6. The largest absolute Gasteiger partial charge is 0.392 e. The van der Waals surface area contributed by atoms with Gasteiger partial charge in [-0.3, -0.25) is 10.1 Å². The molecule has 6 heteroatoms. The molecule has 60 valence electrons. The monoisotopic (exact) mass is 184 g/mol.